The van der Waals surface area contributed by atoms with Crippen LogP contribution < -0.4 is 4.74 Å². The zero-order chi connectivity index (χ0) is 12.5. The average molecular weight is 259 g/mol. The molecule has 0 amide bonds. The molecule has 0 unspecified atom stereocenters. The van der Waals surface area contributed by atoms with Gasteiger partial charge in [-0.2, -0.15) is 0 Å². The Balaban J connectivity index is 2.02. The maximum atomic E-state index is 11.1. The lowest BCUT2D eigenvalue weighted by Crippen LogP contribution is -2.02. The summed E-state index contributed by atoms with van der Waals surface area (Å²) in [5, 5.41) is 1.09. The molecule has 4 heteroatoms. The van der Waals surface area contributed by atoms with Crippen molar-refractivity contribution in [2.45, 2.75) is 25.7 Å². The van der Waals surface area contributed by atoms with E-state index in [1.807, 2.05) is 30.3 Å². The predicted octanol–water partition coefficient (Wildman–Crippen LogP) is 3.61. The summed E-state index contributed by atoms with van der Waals surface area (Å²) in [5.41, 5.74) is 1.05. The van der Waals surface area contributed by atoms with Crippen LogP contribution in [0.15, 0.2) is 30.3 Å². The van der Waals surface area contributed by atoms with Crippen molar-refractivity contribution in [3.63, 3.8) is 0 Å². The van der Waals surface area contributed by atoms with Gasteiger partial charge in [-0.15, -0.1) is 11.3 Å². The summed E-state index contributed by atoms with van der Waals surface area (Å²) in [6.07, 6.45) is 2.39. The largest absolute Gasteiger partial charge is 0.406 e. The Morgan fingerprint density at radius 3 is 2.67 bits per heavy atom. The number of benzene rings is 1. The summed E-state index contributed by atoms with van der Waals surface area (Å²) in [6.45, 7) is 1.41. The van der Waals surface area contributed by atoms with Gasteiger partial charge in [0, 0.05) is 12.8 Å². The summed E-state index contributed by atoms with van der Waals surface area (Å²) in [4.78, 5) is 16.5. The van der Waals surface area contributed by atoms with E-state index in [1.165, 1.54) is 19.8 Å². The van der Waals surface area contributed by atoms with E-state index in [-0.39, 0.29) is 5.97 Å². The molecule has 1 heterocycles. The fraction of sp³-hybridized carbons (Fsp3) is 0.286. The Morgan fingerprint density at radius 2 is 2.06 bits per heavy atom. The molecule has 3 rings (SSSR count). The van der Waals surface area contributed by atoms with Crippen LogP contribution in [-0.2, 0) is 4.79 Å². The molecule has 0 saturated heterocycles. The molecule has 1 aliphatic rings. The van der Waals surface area contributed by atoms with Gasteiger partial charge in [0.25, 0.3) is 0 Å². The van der Waals surface area contributed by atoms with Crippen LogP contribution in [0, 0.1) is 0 Å². The lowest BCUT2D eigenvalue weighted by molar-refractivity contribution is -0.132. The summed E-state index contributed by atoms with van der Waals surface area (Å²) >= 11 is 1.64. The molecular formula is C14H13NO2S. The molecule has 1 fully saturated rings. The van der Waals surface area contributed by atoms with E-state index < -0.39 is 0 Å². The topological polar surface area (TPSA) is 39.2 Å². The Kier molecular flexibility index (Phi) is 2.88. The molecule has 0 bridgehead atoms. The van der Waals surface area contributed by atoms with Crippen LogP contribution in [-0.4, -0.2) is 11.0 Å². The lowest BCUT2D eigenvalue weighted by Gasteiger charge is -2.00. The molecule has 1 aliphatic carbocycles. The SMILES string of the molecule is CC(=O)Oc1nc(C2CC2)sc1-c1ccccc1. The number of carbonyl (C=O) groups is 1. The quantitative estimate of drug-likeness (QED) is 0.790. The molecule has 2 aromatic rings. The summed E-state index contributed by atoms with van der Waals surface area (Å²) < 4.78 is 5.22. The zero-order valence-corrected chi connectivity index (χ0v) is 10.9. The molecule has 1 saturated carbocycles. The minimum absolute atomic E-state index is 0.320. The van der Waals surface area contributed by atoms with Crippen LogP contribution >= 0.6 is 11.3 Å². The summed E-state index contributed by atoms with van der Waals surface area (Å²) in [6, 6.07) is 9.94. The van der Waals surface area contributed by atoms with Gasteiger partial charge in [-0.1, -0.05) is 30.3 Å². The van der Waals surface area contributed by atoms with Crippen molar-refractivity contribution in [1.82, 2.24) is 4.98 Å². The first-order valence-corrected chi connectivity index (χ1v) is 6.80. The van der Waals surface area contributed by atoms with Crippen molar-refractivity contribution >= 4 is 17.3 Å². The second kappa shape index (κ2) is 4.53. The van der Waals surface area contributed by atoms with E-state index in [4.69, 9.17) is 4.74 Å². The van der Waals surface area contributed by atoms with Gasteiger partial charge in [0.1, 0.15) is 5.01 Å². The number of hydrogen-bond donors (Lipinski definition) is 0. The first-order chi connectivity index (χ1) is 8.74. The van der Waals surface area contributed by atoms with E-state index in [0.29, 0.717) is 11.8 Å². The first kappa shape index (κ1) is 11.4. The highest BCUT2D eigenvalue weighted by atomic mass is 32.1. The van der Waals surface area contributed by atoms with Crippen LogP contribution in [0.2, 0.25) is 0 Å². The summed E-state index contributed by atoms with van der Waals surface area (Å²) in [5.74, 6) is 0.710. The molecule has 3 nitrogen and oxygen atoms in total. The van der Waals surface area contributed by atoms with E-state index in [9.17, 15) is 4.79 Å². The summed E-state index contributed by atoms with van der Waals surface area (Å²) in [7, 11) is 0. The van der Waals surface area contributed by atoms with Crippen molar-refractivity contribution in [1.29, 1.82) is 0 Å². The van der Waals surface area contributed by atoms with Crippen molar-refractivity contribution in [2.24, 2.45) is 0 Å². The van der Waals surface area contributed by atoms with Gasteiger partial charge >= 0.3 is 5.97 Å². The molecule has 0 N–H and O–H groups in total. The van der Waals surface area contributed by atoms with Crippen molar-refractivity contribution < 1.29 is 9.53 Å². The third-order valence-electron chi connectivity index (χ3n) is 2.82. The van der Waals surface area contributed by atoms with E-state index >= 15 is 0 Å². The molecule has 0 aliphatic heterocycles. The molecule has 0 radical (unpaired) electrons. The fourth-order valence-electron chi connectivity index (χ4n) is 1.80. The smallest absolute Gasteiger partial charge is 0.309 e. The standard InChI is InChI=1S/C14H13NO2S/c1-9(16)17-13-12(10-5-3-2-4-6-10)18-14(15-13)11-7-8-11/h2-6,11H,7-8H2,1H3. The molecule has 92 valence electrons. The number of rotatable bonds is 3. The van der Waals surface area contributed by atoms with Crippen LogP contribution in [0.25, 0.3) is 10.4 Å². The third-order valence-corrected chi connectivity index (χ3v) is 4.06. The average Bonchev–Trinajstić information content (AvgIpc) is 3.12. The second-order valence-electron chi connectivity index (χ2n) is 4.42. The number of hydrogen-bond acceptors (Lipinski definition) is 4. The van der Waals surface area contributed by atoms with Gasteiger partial charge < -0.3 is 4.74 Å². The number of thiazole rings is 1. The Labute approximate surface area is 109 Å². The molecular weight excluding hydrogens is 246 g/mol. The van der Waals surface area contributed by atoms with Crippen molar-refractivity contribution in [3.8, 4) is 16.3 Å². The molecule has 1 aromatic carbocycles. The highest BCUT2D eigenvalue weighted by molar-refractivity contribution is 7.15. The van der Waals surface area contributed by atoms with E-state index in [0.717, 1.165) is 15.4 Å². The number of esters is 1. The zero-order valence-electron chi connectivity index (χ0n) is 10.1. The number of aromatic nitrogens is 1. The minimum Gasteiger partial charge on any atom is -0.406 e. The van der Waals surface area contributed by atoms with Gasteiger partial charge in [-0.25, -0.2) is 4.98 Å². The first-order valence-electron chi connectivity index (χ1n) is 5.98. The minimum atomic E-state index is -0.320. The fourth-order valence-corrected chi connectivity index (χ4v) is 2.97. The van der Waals surface area contributed by atoms with Gasteiger partial charge in [-0.05, 0) is 18.4 Å². The van der Waals surface area contributed by atoms with E-state index in [2.05, 4.69) is 4.98 Å². The van der Waals surface area contributed by atoms with Crippen molar-refractivity contribution in [2.75, 3.05) is 0 Å². The number of ether oxygens (including phenoxy) is 1. The van der Waals surface area contributed by atoms with Gasteiger partial charge in [0.2, 0.25) is 5.88 Å². The Hall–Kier alpha value is -1.68. The second-order valence-corrected chi connectivity index (χ2v) is 5.45. The van der Waals surface area contributed by atoms with Crippen LogP contribution in [0.5, 0.6) is 5.88 Å². The van der Waals surface area contributed by atoms with E-state index in [1.54, 1.807) is 11.3 Å². The number of nitrogens with zero attached hydrogens (tertiary/aromatic N) is 1. The van der Waals surface area contributed by atoms with Gasteiger partial charge in [-0.3, -0.25) is 4.79 Å². The van der Waals surface area contributed by atoms with Gasteiger partial charge in [0.05, 0.1) is 4.88 Å². The monoisotopic (exact) mass is 259 g/mol. The number of carbonyl (C=O) groups excluding carboxylic acids is 1. The Bertz CT molecular complexity index is 573. The predicted molar refractivity (Wildman–Crippen MR) is 70.8 cm³/mol. The normalized spacial score (nSPS) is 14.5. The highest BCUT2D eigenvalue weighted by Gasteiger charge is 2.29. The maximum absolute atomic E-state index is 11.1. The molecule has 0 atom stereocenters. The molecule has 1 aromatic heterocycles. The van der Waals surface area contributed by atoms with Crippen LogP contribution in [0.1, 0.15) is 30.7 Å². The Morgan fingerprint density at radius 1 is 1.33 bits per heavy atom. The highest BCUT2D eigenvalue weighted by Crippen LogP contribution is 2.46. The maximum Gasteiger partial charge on any atom is 0.309 e. The molecule has 0 spiro atoms. The van der Waals surface area contributed by atoms with Gasteiger partial charge in [0.15, 0.2) is 0 Å². The lowest BCUT2D eigenvalue weighted by atomic mass is 10.2. The van der Waals surface area contributed by atoms with Crippen LogP contribution in [0.4, 0.5) is 0 Å². The van der Waals surface area contributed by atoms with Crippen LogP contribution in [0.3, 0.4) is 0 Å². The third kappa shape index (κ3) is 2.29. The molecule has 18 heavy (non-hydrogen) atoms. The van der Waals surface area contributed by atoms with Crippen molar-refractivity contribution in [3.05, 3.63) is 35.3 Å².